The molecule has 0 saturated carbocycles. The molecule has 0 aliphatic rings. The fraction of sp³-hybridized carbons (Fsp3) is 0.250. The second-order valence-electron chi connectivity index (χ2n) is 3.39. The van der Waals surface area contributed by atoms with E-state index in [0.29, 0.717) is 5.56 Å². The maximum absolute atomic E-state index is 10.7. The summed E-state index contributed by atoms with van der Waals surface area (Å²) in [5.74, 6) is 0.0654. The molecule has 1 N–H and O–H groups in total. The summed E-state index contributed by atoms with van der Waals surface area (Å²) in [6.07, 6.45) is 0.960. The van der Waals surface area contributed by atoms with Crippen LogP contribution in [-0.2, 0) is 0 Å². The van der Waals surface area contributed by atoms with Gasteiger partial charge >= 0.3 is 5.97 Å². The Kier molecular flexibility index (Phi) is 4.43. The molecule has 0 amide bonds. The quantitative estimate of drug-likeness (QED) is 0.612. The number of benzene rings is 1. The summed E-state index contributed by atoms with van der Waals surface area (Å²) in [5, 5.41) is 8.80. The van der Waals surface area contributed by atoms with Gasteiger partial charge in [-0.25, -0.2) is 4.79 Å². The zero-order valence-electron chi connectivity index (χ0n) is 8.69. The second kappa shape index (κ2) is 5.61. The van der Waals surface area contributed by atoms with Gasteiger partial charge in [-0.15, -0.1) is 18.3 Å². The van der Waals surface area contributed by atoms with Gasteiger partial charge in [0.15, 0.2) is 0 Å². The van der Waals surface area contributed by atoms with E-state index in [1.807, 2.05) is 13.0 Å². The topological polar surface area (TPSA) is 37.3 Å². The highest BCUT2D eigenvalue weighted by atomic mass is 32.2. The standard InChI is InChI=1S/C12H14O2S/c1-9(2)6-7-15-11-5-3-4-10(8-11)12(13)14/h3-5,8H,1,6-7H2,2H3,(H,13,14). The van der Waals surface area contributed by atoms with Crippen LogP contribution in [0.3, 0.4) is 0 Å². The van der Waals surface area contributed by atoms with E-state index in [1.54, 1.807) is 30.0 Å². The van der Waals surface area contributed by atoms with Crippen LogP contribution in [-0.4, -0.2) is 16.8 Å². The lowest BCUT2D eigenvalue weighted by Gasteiger charge is -2.02. The zero-order valence-corrected chi connectivity index (χ0v) is 9.51. The number of hydrogen-bond donors (Lipinski definition) is 1. The third-order valence-electron chi connectivity index (χ3n) is 1.88. The van der Waals surface area contributed by atoms with Crippen LogP contribution in [0.15, 0.2) is 41.3 Å². The minimum absolute atomic E-state index is 0.343. The summed E-state index contributed by atoms with van der Waals surface area (Å²) in [6.45, 7) is 5.82. The Morgan fingerprint density at radius 2 is 2.27 bits per heavy atom. The Balaban J connectivity index is 2.58. The number of aromatic carboxylic acids is 1. The fourth-order valence-electron chi connectivity index (χ4n) is 1.06. The molecule has 1 aromatic carbocycles. The molecule has 1 aromatic rings. The summed E-state index contributed by atoms with van der Waals surface area (Å²) in [4.78, 5) is 11.7. The van der Waals surface area contributed by atoms with E-state index in [1.165, 1.54) is 0 Å². The zero-order chi connectivity index (χ0) is 11.3. The number of rotatable bonds is 5. The summed E-state index contributed by atoms with van der Waals surface area (Å²) >= 11 is 1.66. The van der Waals surface area contributed by atoms with Crippen LogP contribution in [0.4, 0.5) is 0 Å². The molecule has 0 unspecified atom stereocenters. The van der Waals surface area contributed by atoms with Gasteiger partial charge in [-0.1, -0.05) is 11.6 Å². The Labute approximate surface area is 94.0 Å². The Hall–Kier alpha value is -1.22. The third kappa shape index (κ3) is 4.21. The first-order valence-electron chi connectivity index (χ1n) is 4.70. The van der Waals surface area contributed by atoms with Crippen molar-refractivity contribution in [3.8, 4) is 0 Å². The normalized spacial score (nSPS) is 9.93. The van der Waals surface area contributed by atoms with E-state index < -0.39 is 5.97 Å². The molecular weight excluding hydrogens is 208 g/mol. The van der Waals surface area contributed by atoms with Crippen molar-refractivity contribution in [1.29, 1.82) is 0 Å². The highest BCUT2D eigenvalue weighted by Crippen LogP contribution is 2.21. The smallest absolute Gasteiger partial charge is 0.335 e. The van der Waals surface area contributed by atoms with Crippen molar-refractivity contribution < 1.29 is 9.90 Å². The maximum atomic E-state index is 10.7. The molecule has 1 rings (SSSR count). The largest absolute Gasteiger partial charge is 0.478 e. The molecule has 0 aromatic heterocycles. The lowest BCUT2D eigenvalue weighted by molar-refractivity contribution is 0.0696. The molecule has 0 radical (unpaired) electrons. The predicted molar refractivity (Wildman–Crippen MR) is 63.6 cm³/mol. The highest BCUT2D eigenvalue weighted by Gasteiger charge is 2.02. The number of hydrogen-bond acceptors (Lipinski definition) is 2. The predicted octanol–water partition coefficient (Wildman–Crippen LogP) is 3.44. The minimum atomic E-state index is -0.877. The van der Waals surface area contributed by atoms with Crippen LogP contribution in [0.1, 0.15) is 23.7 Å². The second-order valence-corrected chi connectivity index (χ2v) is 4.56. The van der Waals surface area contributed by atoms with Crippen molar-refractivity contribution in [2.24, 2.45) is 0 Å². The molecule has 0 fully saturated rings. The molecule has 0 bridgehead atoms. The molecule has 0 spiro atoms. The fourth-order valence-corrected chi connectivity index (χ4v) is 2.13. The first-order valence-corrected chi connectivity index (χ1v) is 5.68. The maximum Gasteiger partial charge on any atom is 0.335 e. The van der Waals surface area contributed by atoms with Crippen molar-refractivity contribution in [2.45, 2.75) is 18.2 Å². The van der Waals surface area contributed by atoms with E-state index in [-0.39, 0.29) is 0 Å². The van der Waals surface area contributed by atoms with Gasteiger partial charge in [0, 0.05) is 10.6 Å². The Bertz CT molecular complexity index is 372. The van der Waals surface area contributed by atoms with Crippen LogP contribution in [0, 0.1) is 0 Å². The first-order chi connectivity index (χ1) is 7.09. The van der Waals surface area contributed by atoms with E-state index in [2.05, 4.69) is 6.58 Å². The van der Waals surface area contributed by atoms with Crippen molar-refractivity contribution in [1.82, 2.24) is 0 Å². The van der Waals surface area contributed by atoms with Crippen LogP contribution in [0.25, 0.3) is 0 Å². The van der Waals surface area contributed by atoms with E-state index >= 15 is 0 Å². The van der Waals surface area contributed by atoms with Crippen LogP contribution >= 0.6 is 11.8 Å². The molecule has 0 aliphatic heterocycles. The molecule has 0 saturated heterocycles. The lowest BCUT2D eigenvalue weighted by atomic mass is 10.2. The molecule has 15 heavy (non-hydrogen) atoms. The number of carboxylic acid groups (broad SMARTS) is 1. The van der Waals surface area contributed by atoms with Gasteiger partial charge in [-0.05, 0) is 31.5 Å². The van der Waals surface area contributed by atoms with Gasteiger partial charge < -0.3 is 5.11 Å². The summed E-state index contributed by atoms with van der Waals surface area (Å²) in [5.41, 5.74) is 1.49. The number of allylic oxidation sites excluding steroid dienone is 1. The van der Waals surface area contributed by atoms with Gasteiger partial charge in [-0.3, -0.25) is 0 Å². The molecule has 80 valence electrons. The third-order valence-corrected chi connectivity index (χ3v) is 2.87. The van der Waals surface area contributed by atoms with E-state index in [4.69, 9.17) is 5.11 Å². The van der Waals surface area contributed by atoms with Crippen LogP contribution < -0.4 is 0 Å². The van der Waals surface area contributed by atoms with Crippen molar-refractivity contribution in [3.63, 3.8) is 0 Å². The summed E-state index contributed by atoms with van der Waals surface area (Å²) in [6, 6.07) is 7.00. The highest BCUT2D eigenvalue weighted by molar-refractivity contribution is 7.99. The first kappa shape index (κ1) is 11.9. The monoisotopic (exact) mass is 222 g/mol. The average molecular weight is 222 g/mol. The average Bonchev–Trinajstić information content (AvgIpc) is 2.17. The number of thioether (sulfide) groups is 1. The van der Waals surface area contributed by atoms with Gasteiger partial charge in [0.1, 0.15) is 0 Å². The van der Waals surface area contributed by atoms with Crippen molar-refractivity contribution in [2.75, 3.05) is 5.75 Å². The van der Waals surface area contributed by atoms with E-state index in [0.717, 1.165) is 22.6 Å². The van der Waals surface area contributed by atoms with Gasteiger partial charge in [0.25, 0.3) is 0 Å². The van der Waals surface area contributed by atoms with Crippen molar-refractivity contribution in [3.05, 3.63) is 42.0 Å². The van der Waals surface area contributed by atoms with Crippen molar-refractivity contribution >= 4 is 17.7 Å². The number of carboxylic acids is 1. The van der Waals surface area contributed by atoms with Crippen LogP contribution in [0.2, 0.25) is 0 Å². The Morgan fingerprint density at radius 3 is 2.87 bits per heavy atom. The summed E-state index contributed by atoms with van der Waals surface area (Å²) < 4.78 is 0. The molecule has 0 heterocycles. The van der Waals surface area contributed by atoms with E-state index in [9.17, 15) is 4.79 Å². The number of carbonyl (C=O) groups is 1. The molecule has 0 aliphatic carbocycles. The summed E-state index contributed by atoms with van der Waals surface area (Å²) in [7, 11) is 0. The lowest BCUT2D eigenvalue weighted by Crippen LogP contribution is -1.95. The van der Waals surface area contributed by atoms with Gasteiger partial charge in [0.05, 0.1) is 5.56 Å². The van der Waals surface area contributed by atoms with Crippen LogP contribution in [0.5, 0.6) is 0 Å². The molecule has 2 nitrogen and oxygen atoms in total. The van der Waals surface area contributed by atoms with Gasteiger partial charge in [-0.2, -0.15) is 0 Å². The Morgan fingerprint density at radius 1 is 1.53 bits per heavy atom. The molecular formula is C12H14O2S. The molecule has 0 atom stereocenters. The van der Waals surface area contributed by atoms with Gasteiger partial charge in [0.2, 0.25) is 0 Å². The molecule has 3 heteroatoms. The minimum Gasteiger partial charge on any atom is -0.478 e. The SMILES string of the molecule is C=C(C)CCSc1cccc(C(=O)O)c1.